The van der Waals surface area contributed by atoms with Gasteiger partial charge < -0.3 is 15.5 Å². The monoisotopic (exact) mass is 409 g/mol. The summed E-state index contributed by atoms with van der Waals surface area (Å²) in [4.78, 5) is 47.7. The van der Waals surface area contributed by atoms with Gasteiger partial charge in [0.05, 0.1) is 11.5 Å². The molecule has 8 nitrogen and oxygen atoms in total. The Morgan fingerprint density at radius 1 is 1.23 bits per heavy atom. The first-order valence-corrected chi connectivity index (χ1v) is 10.4. The minimum atomic E-state index is -0.890. The van der Waals surface area contributed by atoms with E-state index in [4.69, 9.17) is 0 Å². The van der Waals surface area contributed by atoms with Crippen molar-refractivity contribution in [2.75, 3.05) is 22.1 Å². The third kappa shape index (κ3) is 3.81. The second-order valence-corrected chi connectivity index (χ2v) is 8.30. The molecule has 3 heterocycles. The quantitative estimate of drug-likeness (QED) is 0.723. The van der Waals surface area contributed by atoms with Crippen LogP contribution in [0.15, 0.2) is 23.0 Å². The summed E-state index contributed by atoms with van der Waals surface area (Å²) in [7, 11) is 0. The summed E-state index contributed by atoms with van der Waals surface area (Å²) in [5.41, 5.74) is 2.51. The summed E-state index contributed by atoms with van der Waals surface area (Å²) in [5.74, 6) is -0.966. The minimum absolute atomic E-state index is 0.0893. The highest BCUT2D eigenvalue weighted by atomic mass is 16.2. The van der Waals surface area contributed by atoms with Gasteiger partial charge in [-0.1, -0.05) is 17.7 Å². The molecule has 1 fully saturated rings. The molecule has 1 aromatic carbocycles. The molecule has 2 aliphatic heterocycles. The van der Waals surface area contributed by atoms with Crippen LogP contribution < -0.4 is 21.1 Å². The maximum absolute atomic E-state index is 13.0. The summed E-state index contributed by atoms with van der Waals surface area (Å²) < 4.78 is 0. The van der Waals surface area contributed by atoms with E-state index in [1.54, 1.807) is 0 Å². The molecule has 2 atom stereocenters. The van der Waals surface area contributed by atoms with Crippen LogP contribution in [0.3, 0.4) is 0 Å². The first-order valence-electron chi connectivity index (χ1n) is 10.4. The number of aromatic amines is 1. The molecule has 0 unspecified atom stereocenters. The van der Waals surface area contributed by atoms with Crippen molar-refractivity contribution in [3.63, 3.8) is 0 Å². The maximum atomic E-state index is 13.0. The van der Waals surface area contributed by atoms with Gasteiger partial charge in [0.15, 0.2) is 0 Å². The molecule has 1 saturated heterocycles. The molecule has 0 aliphatic carbocycles. The lowest BCUT2D eigenvalue weighted by atomic mass is 9.92. The Bertz CT molecular complexity index is 1060. The summed E-state index contributed by atoms with van der Waals surface area (Å²) in [5, 5.41) is 5.56. The van der Waals surface area contributed by atoms with Crippen molar-refractivity contribution >= 4 is 29.3 Å². The van der Waals surface area contributed by atoms with Gasteiger partial charge in [0.2, 0.25) is 17.8 Å². The van der Waals surface area contributed by atoms with Crippen LogP contribution in [0.2, 0.25) is 0 Å². The molecule has 3 N–H and O–H groups in total. The van der Waals surface area contributed by atoms with Gasteiger partial charge in [0.25, 0.3) is 5.56 Å². The van der Waals surface area contributed by atoms with Crippen molar-refractivity contribution < 1.29 is 9.59 Å². The Morgan fingerprint density at radius 3 is 2.77 bits per heavy atom. The number of piperidine rings is 1. The number of rotatable bonds is 3. The number of fused-ring (bicyclic) bond motifs is 1. The fourth-order valence-electron chi connectivity index (χ4n) is 4.31. The smallest absolute Gasteiger partial charge is 0.258 e. The normalized spacial score (nSPS) is 21.0. The molecule has 0 spiro atoms. The Morgan fingerprint density at radius 2 is 2.03 bits per heavy atom. The number of carbonyl (C=O) groups excluding carboxylic acids is 2. The maximum Gasteiger partial charge on any atom is 0.258 e. The minimum Gasteiger partial charge on any atom is -0.340 e. The number of nitrogens with one attached hydrogen (secondary N) is 3. The highest BCUT2D eigenvalue weighted by Gasteiger charge is 2.35. The lowest BCUT2D eigenvalue weighted by Gasteiger charge is -2.34. The zero-order chi connectivity index (χ0) is 21.4. The fraction of sp³-hybridized carbons (Fsp3) is 0.455. The van der Waals surface area contributed by atoms with Crippen LogP contribution in [-0.4, -0.2) is 34.4 Å². The molecule has 0 saturated carbocycles. The van der Waals surface area contributed by atoms with E-state index in [0.29, 0.717) is 11.6 Å². The molecule has 2 aromatic rings. The topological polar surface area (TPSA) is 107 Å². The Labute approximate surface area is 175 Å². The third-order valence-corrected chi connectivity index (χ3v) is 5.97. The zero-order valence-corrected chi connectivity index (χ0v) is 17.5. The van der Waals surface area contributed by atoms with Crippen LogP contribution >= 0.6 is 0 Å². The molecule has 4 rings (SSSR count). The van der Waals surface area contributed by atoms with E-state index in [-0.39, 0.29) is 41.2 Å². The summed E-state index contributed by atoms with van der Waals surface area (Å²) >= 11 is 0. The molecule has 158 valence electrons. The number of aromatic nitrogens is 2. The number of hydrogen-bond acceptors (Lipinski definition) is 5. The fourth-order valence-corrected chi connectivity index (χ4v) is 4.31. The van der Waals surface area contributed by atoms with Gasteiger partial charge in [0, 0.05) is 24.7 Å². The van der Waals surface area contributed by atoms with Crippen molar-refractivity contribution in [3.05, 3.63) is 45.2 Å². The van der Waals surface area contributed by atoms with Crippen molar-refractivity contribution in [3.8, 4) is 0 Å². The predicted octanol–water partition coefficient (Wildman–Crippen LogP) is 2.83. The third-order valence-electron chi connectivity index (χ3n) is 5.97. The van der Waals surface area contributed by atoms with Crippen LogP contribution in [0.4, 0.5) is 17.5 Å². The molecule has 30 heavy (non-hydrogen) atoms. The second kappa shape index (κ2) is 7.93. The van der Waals surface area contributed by atoms with Gasteiger partial charge in [-0.2, -0.15) is 4.98 Å². The van der Waals surface area contributed by atoms with Gasteiger partial charge in [-0.25, -0.2) is 0 Å². The van der Waals surface area contributed by atoms with E-state index >= 15 is 0 Å². The van der Waals surface area contributed by atoms with Gasteiger partial charge in [-0.05, 0) is 51.7 Å². The van der Waals surface area contributed by atoms with Gasteiger partial charge in [0.1, 0.15) is 5.82 Å². The van der Waals surface area contributed by atoms with Crippen molar-refractivity contribution in [2.24, 2.45) is 0 Å². The number of benzene rings is 1. The molecule has 0 radical (unpaired) electrons. The number of hydrogen-bond donors (Lipinski definition) is 3. The molecule has 1 aromatic heterocycles. The average Bonchev–Trinajstić information content (AvgIpc) is 2.69. The van der Waals surface area contributed by atoms with E-state index in [2.05, 4.69) is 32.4 Å². The summed E-state index contributed by atoms with van der Waals surface area (Å²) in [6, 6.07) is 5.96. The number of nitrogens with zero attached hydrogens (tertiary/aromatic N) is 2. The Kier molecular flexibility index (Phi) is 5.32. The predicted molar refractivity (Wildman–Crippen MR) is 116 cm³/mol. The largest absolute Gasteiger partial charge is 0.340 e. The second-order valence-electron chi connectivity index (χ2n) is 8.30. The summed E-state index contributed by atoms with van der Waals surface area (Å²) in [6.45, 7) is 6.78. The van der Waals surface area contributed by atoms with Crippen molar-refractivity contribution in [2.45, 2.75) is 58.4 Å². The average molecular weight is 409 g/mol. The van der Waals surface area contributed by atoms with E-state index in [1.807, 2.05) is 32.0 Å². The van der Waals surface area contributed by atoms with E-state index < -0.39 is 5.92 Å². The highest BCUT2D eigenvalue weighted by Crippen LogP contribution is 2.31. The van der Waals surface area contributed by atoms with Crippen LogP contribution in [-0.2, 0) is 9.59 Å². The van der Waals surface area contributed by atoms with Crippen LogP contribution in [0.5, 0.6) is 0 Å². The van der Waals surface area contributed by atoms with Crippen molar-refractivity contribution in [1.82, 2.24) is 9.97 Å². The van der Waals surface area contributed by atoms with Gasteiger partial charge >= 0.3 is 0 Å². The highest BCUT2D eigenvalue weighted by molar-refractivity contribution is 6.04. The zero-order valence-electron chi connectivity index (χ0n) is 17.5. The number of carbonyl (C=O) groups is 2. The standard InChI is InChI=1S/C22H27N5O3/c1-12-7-8-16(13(2)10-12)23-20(29)15-11-17(28)24-19-18(15)21(30)26-22(25-19)27-9-5-4-6-14(27)3/h7-8,10,14-15H,4-6,9,11H2,1-3H3,(H,23,29)(H2,24,25,26,28,30)/t14-,15-/m0/s1. The van der Waals surface area contributed by atoms with Crippen LogP contribution in [0, 0.1) is 13.8 Å². The Balaban J connectivity index is 1.66. The van der Waals surface area contributed by atoms with E-state index in [1.165, 1.54) is 0 Å². The lowest BCUT2D eigenvalue weighted by Crippen LogP contribution is -2.42. The molecular formula is C22H27N5O3. The van der Waals surface area contributed by atoms with Crippen LogP contribution in [0.1, 0.15) is 55.2 Å². The molecule has 0 bridgehead atoms. The van der Waals surface area contributed by atoms with E-state index in [9.17, 15) is 14.4 Å². The van der Waals surface area contributed by atoms with E-state index in [0.717, 1.165) is 36.9 Å². The molecular weight excluding hydrogens is 382 g/mol. The number of amides is 2. The molecule has 8 heteroatoms. The van der Waals surface area contributed by atoms with Gasteiger partial charge in [-0.15, -0.1) is 0 Å². The Hall–Kier alpha value is -3.16. The molecule has 2 aliphatic rings. The number of aryl methyl sites for hydroxylation is 2. The SMILES string of the molecule is Cc1ccc(NC(=O)[C@H]2CC(=O)Nc3nc(N4CCCC[C@@H]4C)[nH]c(=O)c32)c(C)c1. The summed E-state index contributed by atoms with van der Waals surface area (Å²) in [6.07, 6.45) is 3.10. The lowest BCUT2D eigenvalue weighted by molar-refractivity contribution is -0.123. The van der Waals surface area contributed by atoms with Crippen LogP contribution in [0.25, 0.3) is 0 Å². The number of anilines is 3. The van der Waals surface area contributed by atoms with Crippen molar-refractivity contribution in [1.29, 1.82) is 0 Å². The first-order chi connectivity index (χ1) is 14.3. The van der Waals surface area contributed by atoms with Gasteiger partial charge in [-0.3, -0.25) is 19.4 Å². The first kappa shape index (κ1) is 20.1. The molecule has 2 amide bonds. The number of H-pyrrole nitrogens is 1.